The molecule has 35 heavy (non-hydrogen) atoms. The number of halogens is 1. The average Bonchev–Trinajstić information content (AvgIpc) is 2.84. The Bertz CT molecular complexity index is 1480. The quantitative estimate of drug-likeness (QED) is 0.402. The van der Waals surface area contributed by atoms with E-state index in [0.29, 0.717) is 18.5 Å². The van der Waals surface area contributed by atoms with Gasteiger partial charge in [0.2, 0.25) is 0 Å². The molecule has 4 aromatic rings. The maximum Gasteiger partial charge on any atom is 0.307 e. The molecular formula is C26H22FN3O5. The standard InChI is InChI=1S/C26H22FN3O5/c1-35-22-8-3-2-5-16(22)11-12-30-15-28-20-6-4-7-21(24(20)26(30)34)29-25(33)18-10-9-17(14-23(31)32)19(27)13-18/h2-10,13,15H,11-12,14H2,1H3,(H,29,33)(H,31,32). The minimum Gasteiger partial charge on any atom is -0.496 e. The van der Waals surface area contributed by atoms with Crippen LogP contribution in [-0.2, 0) is 24.2 Å². The van der Waals surface area contributed by atoms with Crippen LogP contribution in [0.15, 0.2) is 71.8 Å². The van der Waals surface area contributed by atoms with Gasteiger partial charge in [0.1, 0.15) is 11.6 Å². The predicted octanol–water partition coefficient (Wildman–Crippen LogP) is 3.67. The van der Waals surface area contributed by atoms with Gasteiger partial charge < -0.3 is 15.2 Å². The number of nitrogens with one attached hydrogen (secondary N) is 1. The van der Waals surface area contributed by atoms with Crippen molar-refractivity contribution >= 4 is 28.5 Å². The van der Waals surface area contributed by atoms with E-state index in [2.05, 4.69) is 10.3 Å². The second-order valence-electron chi connectivity index (χ2n) is 7.84. The van der Waals surface area contributed by atoms with Crippen LogP contribution in [0.5, 0.6) is 5.75 Å². The number of amides is 1. The van der Waals surface area contributed by atoms with Crippen molar-refractivity contribution in [3.05, 3.63) is 99.9 Å². The molecule has 0 radical (unpaired) electrons. The summed E-state index contributed by atoms with van der Waals surface area (Å²) in [6.07, 6.45) is 1.51. The van der Waals surface area contributed by atoms with E-state index in [1.54, 1.807) is 25.3 Å². The van der Waals surface area contributed by atoms with Crippen LogP contribution in [0.4, 0.5) is 10.1 Å². The number of carbonyl (C=O) groups excluding carboxylic acids is 1. The lowest BCUT2D eigenvalue weighted by Gasteiger charge is -2.12. The van der Waals surface area contributed by atoms with Crippen LogP contribution in [0.2, 0.25) is 0 Å². The summed E-state index contributed by atoms with van der Waals surface area (Å²) in [7, 11) is 1.59. The molecule has 0 spiro atoms. The first-order valence-electron chi connectivity index (χ1n) is 10.8. The highest BCUT2D eigenvalue weighted by molar-refractivity contribution is 6.08. The molecule has 0 saturated carbocycles. The molecule has 178 valence electrons. The van der Waals surface area contributed by atoms with E-state index >= 15 is 0 Å². The zero-order valence-corrected chi connectivity index (χ0v) is 18.8. The average molecular weight is 475 g/mol. The minimum atomic E-state index is -1.17. The molecule has 8 nitrogen and oxygen atoms in total. The molecule has 0 aliphatic heterocycles. The Balaban J connectivity index is 1.61. The normalized spacial score (nSPS) is 10.8. The van der Waals surface area contributed by atoms with E-state index in [9.17, 15) is 18.8 Å². The van der Waals surface area contributed by atoms with Crippen LogP contribution < -0.4 is 15.6 Å². The number of fused-ring (bicyclic) bond motifs is 1. The van der Waals surface area contributed by atoms with E-state index in [1.165, 1.54) is 23.0 Å². The molecule has 0 aliphatic rings. The summed E-state index contributed by atoms with van der Waals surface area (Å²) in [6.45, 7) is 0.348. The van der Waals surface area contributed by atoms with E-state index in [-0.39, 0.29) is 27.8 Å². The molecule has 0 unspecified atom stereocenters. The van der Waals surface area contributed by atoms with Crippen molar-refractivity contribution in [2.45, 2.75) is 19.4 Å². The third-order valence-electron chi connectivity index (χ3n) is 5.57. The number of hydrogen-bond acceptors (Lipinski definition) is 5. The summed E-state index contributed by atoms with van der Waals surface area (Å²) in [5.41, 5.74) is 1.23. The van der Waals surface area contributed by atoms with Crippen molar-refractivity contribution in [2.75, 3.05) is 12.4 Å². The first-order chi connectivity index (χ1) is 16.9. The summed E-state index contributed by atoms with van der Waals surface area (Å²) >= 11 is 0. The van der Waals surface area contributed by atoms with Crippen LogP contribution in [0.3, 0.4) is 0 Å². The lowest BCUT2D eigenvalue weighted by Crippen LogP contribution is -2.23. The molecule has 0 saturated heterocycles. The zero-order chi connectivity index (χ0) is 24.9. The first-order valence-corrected chi connectivity index (χ1v) is 10.8. The highest BCUT2D eigenvalue weighted by Crippen LogP contribution is 2.21. The second-order valence-corrected chi connectivity index (χ2v) is 7.84. The number of anilines is 1. The number of rotatable bonds is 8. The molecular weight excluding hydrogens is 453 g/mol. The summed E-state index contributed by atoms with van der Waals surface area (Å²) in [4.78, 5) is 41.2. The number of nitrogens with zero attached hydrogens (tertiary/aromatic N) is 2. The predicted molar refractivity (Wildman–Crippen MR) is 128 cm³/mol. The summed E-state index contributed by atoms with van der Waals surface area (Å²) < 4.78 is 21.1. The van der Waals surface area contributed by atoms with Crippen LogP contribution in [0.1, 0.15) is 21.5 Å². The van der Waals surface area contributed by atoms with Gasteiger partial charge in [-0.25, -0.2) is 9.37 Å². The fourth-order valence-electron chi connectivity index (χ4n) is 3.80. The molecule has 1 aromatic heterocycles. The number of carboxylic acid groups (broad SMARTS) is 1. The van der Waals surface area contributed by atoms with E-state index < -0.39 is 24.1 Å². The lowest BCUT2D eigenvalue weighted by atomic mass is 10.1. The maximum absolute atomic E-state index is 14.2. The van der Waals surface area contributed by atoms with Crippen LogP contribution in [0, 0.1) is 5.82 Å². The topological polar surface area (TPSA) is 111 Å². The maximum atomic E-state index is 14.2. The van der Waals surface area contributed by atoms with Crippen molar-refractivity contribution in [3.8, 4) is 5.75 Å². The van der Waals surface area contributed by atoms with Gasteiger partial charge in [-0.05, 0) is 47.9 Å². The Kier molecular flexibility index (Phi) is 6.86. The molecule has 0 bridgehead atoms. The van der Waals surface area contributed by atoms with Crippen molar-refractivity contribution in [3.63, 3.8) is 0 Å². The number of benzene rings is 3. The summed E-state index contributed by atoms with van der Waals surface area (Å²) in [5.74, 6) is -1.88. The smallest absolute Gasteiger partial charge is 0.307 e. The van der Waals surface area contributed by atoms with E-state index in [0.717, 1.165) is 17.4 Å². The Labute approximate surface area is 199 Å². The van der Waals surface area contributed by atoms with Gasteiger partial charge in [-0.1, -0.05) is 30.3 Å². The third-order valence-corrected chi connectivity index (χ3v) is 5.57. The number of aliphatic carboxylic acids is 1. The molecule has 3 aromatic carbocycles. The number of ether oxygens (including phenoxy) is 1. The van der Waals surface area contributed by atoms with Crippen molar-refractivity contribution in [1.82, 2.24) is 9.55 Å². The van der Waals surface area contributed by atoms with Gasteiger partial charge in [-0.3, -0.25) is 19.0 Å². The van der Waals surface area contributed by atoms with Gasteiger partial charge in [0.25, 0.3) is 11.5 Å². The zero-order valence-electron chi connectivity index (χ0n) is 18.8. The fourth-order valence-corrected chi connectivity index (χ4v) is 3.80. The first kappa shape index (κ1) is 23.6. The summed E-state index contributed by atoms with van der Waals surface area (Å²) in [6, 6.07) is 16.0. The van der Waals surface area contributed by atoms with E-state index in [1.807, 2.05) is 24.3 Å². The number of carbonyl (C=O) groups is 2. The van der Waals surface area contributed by atoms with Gasteiger partial charge in [0, 0.05) is 12.1 Å². The summed E-state index contributed by atoms with van der Waals surface area (Å²) in [5, 5.41) is 11.7. The van der Waals surface area contributed by atoms with E-state index in [4.69, 9.17) is 9.84 Å². The fraction of sp³-hybridized carbons (Fsp3) is 0.154. The number of hydrogen-bond donors (Lipinski definition) is 2. The number of aryl methyl sites for hydroxylation is 2. The largest absolute Gasteiger partial charge is 0.496 e. The van der Waals surface area contributed by atoms with Gasteiger partial charge in [-0.2, -0.15) is 0 Å². The van der Waals surface area contributed by atoms with Gasteiger partial charge >= 0.3 is 5.97 Å². The lowest BCUT2D eigenvalue weighted by molar-refractivity contribution is -0.136. The Morgan fingerprint density at radius 2 is 1.89 bits per heavy atom. The molecule has 2 N–H and O–H groups in total. The number of methoxy groups -OCH3 is 1. The van der Waals surface area contributed by atoms with Crippen LogP contribution in [0.25, 0.3) is 10.9 Å². The van der Waals surface area contributed by atoms with Gasteiger partial charge in [0.05, 0.1) is 36.4 Å². The monoisotopic (exact) mass is 475 g/mol. The highest BCUT2D eigenvalue weighted by Gasteiger charge is 2.15. The molecule has 0 fully saturated rings. The van der Waals surface area contributed by atoms with Gasteiger partial charge in [-0.15, -0.1) is 0 Å². The number of para-hydroxylation sites is 1. The van der Waals surface area contributed by atoms with Crippen LogP contribution >= 0.6 is 0 Å². The SMILES string of the molecule is COc1ccccc1CCn1cnc2cccc(NC(=O)c3ccc(CC(=O)O)c(F)c3)c2c1=O. The second kappa shape index (κ2) is 10.2. The third kappa shape index (κ3) is 5.19. The molecule has 0 atom stereocenters. The van der Waals surface area contributed by atoms with Gasteiger partial charge in [0.15, 0.2) is 0 Å². The van der Waals surface area contributed by atoms with Crippen LogP contribution in [-0.4, -0.2) is 33.6 Å². The van der Waals surface area contributed by atoms with Crippen molar-refractivity contribution in [1.29, 1.82) is 0 Å². The Hall–Kier alpha value is -4.53. The molecule has 4 rings (SSSR count). The number of carboxylic acids is 1. The Morgan fingerprint density at radius 3 is 2.63 bits per heavy atom. The Morgan fingerprint density at radius 1 is 1.09 bits per heavy atom. The molecule has 9 heteroatoms. The number of aromatic nitrogens is 2. The molecule has 0 aliphatic carbocycles. The van der Waals surface area contributed by atoms with Crippen molar-refractivity contribution in [2.24, 2.45) is 0 Å². The minimum absolute atomic E-state index is 0.00553. The molecule has 1 heterocycles. The van der Waals surface area contributed by atoms with Crippen molar-refractivity contribution < 1.29 is 23.8 Å². The highest BCUT2D eigenvalue weighted by atomic mass is 19.1. The molecule has 1 amide bonds.